The molecule has 5 rings (SSSR count). The molecule has 170 valence electrons. The molecule has 0 aromatic heterocycles. The van der Waals surface area contributed by atoms with E-state index in [2.05, 4.69) is 0 Å². The molecule has 9 heteroatoms. The maximum absolute atomic E-state index is 13.8. The number of fused-ring (bicyclic) bond motifs is 2. The summed E-state index contributed by atoms with van der Waals surface area (Å²) in [6, 6.07) is 3.64. The van der Waals surface area contributed by atoms with Gasteiger partial charge < -0.3 is 18.9 Å². The maximum Gasteiger partial charge on any atom is 0.467 e. The Labute approximate surface area is 189 Å². The molecule has 0 N–H and O–H groups in total. The molecular weight excluding hydrogens is 427 g/mol. The predicted octanol–water partition coefficient (Wildman–Crippen LogP) is 2.20. The monoisotopic (exact) mass is 456 g/mol. The zero-order valence-electron chi connectivity index (χ0n) is 19.8. The molecule has 3 aliphatic heterocycles. The van der Waals surface area contributed by atoms with Gasteiger partial charge in [0, 0.05) is 54.3 Å². The summed E-state index contributed by atoms with van der Waals surface area (Å²) in [5.41, 5.74) is 2.00. The van der Waals surface area contributed by atoms with E-state index in [1.54, 1.807) is 12.1 Å². The van der Waals surface area contributed by atoms with E-state index >= 15 is 0 Å². The van der Waals surface area contributed by atoms with Crippen LogP contribution < -0.4 is 10.4 Å². The van der Waals surface area contributed by atoms with Gasteiger partial charge in [0.05, 0.1) is 15.6 Å². The molecular formula is C23H29BN2O5S. The summed E-state index contributed by atoms with van der Waals surface area (Å²) in [5.74, 6) is 0.504. The van der Waals surface area contributed by atoms with Crippen molar-refractivity contribution < 1.29 is 27.0 Å². The first-order valence-corrected chi connectivity index (χ1v) is 12.2. The summed E-state index contributed by atoms with van der Waals surface area (Å²) in [6.07, 6.45) is 5.41. The largest absolute Gasteiger partial charge is 0.665 e. The number of rotatable bonds is 1. The van der Waals surface area contributed by atoms with Crippen LogP contribution in [0.15, 0.2) is 45.7 Å². The SMILES string of the molecule is CN(C)c1cc2c3c(c1)S(=O)(=O)C1=CC(=[N+](C)C)C=CC1=C3O[B-]21OC(C)(C)C(C)(C)O1. The van der Waals surface area contributed by atoms with E-state index in [9.17, 15) is 8.42 Å². The van der Waals surface area contributed by atoms with Crippen LogP contribution in [0.5, 0.6) is 0 Å². The van der Waals surface area contributed by atoms with Gasteiger partial charge in [-0.1, -0.05) is 11.5 Å². The highest BCUT2D eigenvalue weighted by atomic mass is 32.2. The summed E-state index contributed by atoms with van der Waals surface area (Å²) in [4.78, 5) is 2.34. The highest BCUT2D eigenvalue weighted by molar-refractivity contribution is 7.95. The highest BCUT2D eigenvalue weighted by Crippen LogP contribution is 2.52. The van der Waals surface area contributed by atoms with Crippen molar-refractivity contribution in [1.82, 2.24) is 0 Å². The van der Waals surface area contributed by atoms with E-state index in [4.69, 9.17) is 14.0 Å². The Morgan fingerprint density at radius 1 is 1.00 bits per heavy atom. The molecule has 1 spiro atoms. The summed E-state index contributed by atoms with van der Waals surface area (Å²) >= 11 is 0. The van der Waals surface area contributed by atoms with Gasteiger partial charge in [-0.25, -0.2) is 13.0 Å². The van der Waals surface area contributed by atoms with Crippen LogP contribution in [0.1, 0.15) is 33.3 Å². The average Bonchev–Trinajstić information content (AvgIpc) is 3.08. The molecule has 0 amide bonds. The zero-order chi connectivity index (χ0) is 23.4. The lowest BCUT2D eigenvalue weighted by atomic mass is 9.69. The van der Waals surface area contributed by atoms with Crippen LogP contribution >= 0.6 is 0 Å². The number of nitrogens with zero attached hydrogens (tertiary/aromatic N) is 2. The van der Waals surface area contributed by atoms with Crippen molar-refractivity contribution in [1.29, 1.82) is 0 Å². The standard InChI is InChI=1S/C23H29BN2O5S/c1-22(2)23(3,4)31-24(30-22)17-11-15(26(7)8)13-19-20(17)21(29-24)16-10-9-14(25(5)6)12-18(16)32(19,27)28/h9-13H,1-8H3. The van der Waals surface area contributed by atoms with Crippen LogP contribution in [0.4, 0.5) is 5.69 Å². The van der Waals surface area contributed by atoms with Gasteiger partial charge >= 0.3 is 6.75 Å². The number of benzene rings is 1. The Morgan fingerprint density at radius 2 is 1.62 bits per heavy atom. The Hall–Kier alpha value is -2.36. The number of anilines is 1. The summed E-state index contributed by atoms with van der Waals surface area (Å²) < 4.78 is 49.1. The number of sulfone groups is 1. The summed E-state index contributed by atoms with van der Waals surface area (Å²) in [5, 5.41) is 0. The highest BCUT2D eigenvalue weighted by Gasteiger charge is 2.60. The average molecular weight is 456 g/mol. The van der Waals surface area contributed by atoms with Gasteiger partial charge in [0.15, 0.2) is 0 Å². The molecule has 3 heterocycles. The lowest BCUT2D eigenvalue weighted by Gasteiger charge is -2.36. The van der Waals surface area contributed by atoms with Crippen LogP contribution in [-0.2, 0) is 23.8 Å². The van der Waals surface area contributed by atoms with Crippen molar-refractivity contribution in [3.63, 3.8) is 0 Å². The van der Waals surface area contributed by atoms with Crippen LogP contribution in [0, 0.1) is 0 Å². The molecule has 0 bridgehead atoms. The quantitative estimate of drug-likeness (QED) is 0.477. The van der Waals surface area contributed by atoms with Crippen LogP contribution in [0.2, 0.25) is 0 Å². The fourth-order valence-electron chi connectivity index (χ4n) is 4.67. The number of hydrogen-bond donors (Lipinski definition) is 0. The van der Waals surface area contributed by atoms with Gasteiger partial charge in [-0.3, -0.25) is 0 Å². The van der Waals surface area contributed by atoms with E-state index in [0.29, 0.717) is 22.4 Å². The molecule has 4 aliphatic rings. The van der Waals surface area contributed by atoms with Crippen molar-refractivity contribution in [2.75, 3.05) is 33.1 Å². The first-order chi connectivity index (χ1) is 14.7. The number of hydrogen-bond acceptors (Lipinski definition) is 6. The normalized spacial score (nSPS) is 24.8. The van der Waals surface area contributed by atoms with Gasteiger partial charge in [-0.05, 0) is 39.8 Å². The molecule has 1 aromatic carbocycles. The molecule has 0 saturated carbocycles. The Morgan fingerprint density at radius 3 is 2.19 bits per heavy atom. The van der Waals surface area contributed by atoms with Gasteiger partial charge in [0.1, 0.15) is 14.1 Å². The van der Waals surface area contributed by atoms with Crippen molar-refractivity contribution in [3.05, 3.63) is 46.4 Å². The minimum Gasteiger partial charge on any atom is -0.665 e. The molecule has 32 heavy (non-hydrogen) atoms. The van der Waals surface area contributed by atoms with Crippen molar-refractivity contribution in [3.8, 4) is 0 Å². The van der Waals surface area contributed by atoms with Gasteiger partial charge in [0.25, 0.3) is 0 Å². The number of allylic oxidation sites excluding steroid dienone is 4. The smallest absolute Gasteiger partial charge is 0.467 e. The molecule has 0 atom stereocenters. The van der Waals surface area contributed by atoms with Crippen molar-refractivity contribution >= 4 is 39.2 Å². The molecule has 1 aromatic rings. The first-order valence-electron chi connectivity index (χ1n) is 10.7. The fraction of sp³-hybridized carbons (Fsp3) is 0.435. The Kier molecular flexibility index (Phi) is 4.13. The van der Waals surface area contributed by atoms with E-state index in [0.717, 1.165) is 11.4 Å². The third kappa shape index (κ3) is 2.61. The van der Waals surface area contributed by atoms with E-state index < -0.39 is 27.8 Å². The zero-order valence-corrected chi connectivity index (χ0v) is 20.6. The molecule has 0 radical (unpaired) electrons. The summed E-state index contributed by atoms with van der Waals surface area (Å²) in [7, 11) is 3.74. The van der Waals surface area contributed by atoms with E-state index in [1.807, 2.05) is 83.6 Å². The van der Waals surface area contributed by atoms with Gasteiger partial charge in [-0.2, -0.15) is 0 Å². The molecule has 0 unspecified atom stereocenters. The third-order valence-electron chi connectivity index (χ3n) is 7.17. The Balaban J connectivity index is 1.87. The lowest BCUT2D eigenvalue weighted by molar-refractivity contribution is -0.462. The van der Waals surface area contributed by atoms with Gasteiger partial charge in [0.2, 0.25) is 15.5 Å². The summed E-state index contributed by atoms with van der Waals surface area (Å²) in [6.45, 7) is 5.50. The molecule has 1 saturated heterocycles. The molecule has 7 nitrogen and oxygen atoms in total. The van der Waals surface area contributed by atoms with Gasteiger partial charge in [-0.15, -0.1) is 0 Å². The first kappa shape index (κ1) is 21.5. The van der Waals surface area contributed by atoms with Crippen LogP contribution in [0.3, 0.4) is 0 Å². The van der Waals surface area contributed by atoms with Crippen molar-refractivity contribution in [2.45, 2.75) is 43.8 Å². The van der Waals surface area contributed by atoms with Crippen LogP contribution in [0.25, 0.3) is 5.76 Å². The van der Waals surface area contributed by atoms with Crippen LogP contribution in [-0.4, -0.2) is 64.9 Å². The second-order valence-electron chi connectivity index (χ2n) is 10.2. The second kappa shape index (κ2) is 6.15. The maximum atomic E-state index is 13.8. The predicted molar refractivity (Wildman–Crippen MR) is 126 cm³/mol. The third-order valence-corrected chi connectivity index (χ3v) is 8.99. The van der Waals surface area contributed by atoms with E-state index in [1.165, 1.54) is 0 Å². The van der Waals surface area contributed by atoms with Crippen molar-refractivity contribution in [2.24, 2.45) is 0 Å². The fourth-order valence-corrected chi connectivity index (χ4v) is 6.38. The molecule has 1 aliphatic carbocycles. The minimum absolute atomic E-state index is 0.227. The minimum atomic E-state index is -3.79. The van der Waals surface area contributed by atoms with E-state index in [-0.39, 0.29) is 9.80 Å². The molecule has 1 fully saturated rings. The Bertz CT molecular complexity index is 1300. The second-order valence-corrected chi connectivity index (χ2v) is 12.1. The lowest BCUT2D eigenvalue weighted by Crippen LogP contribution is -2.51. The topological polar surface area (TPSA) is 68.1 Å².